The first kappa shape index (κ1) is 28.0. The Morgan fingerprint density at radius 2 is 1.73 bits per heavy atom. The molecule has 0 radical (unpaired) electrons. The van der Waals surface area contributed by atoms with Crippen molar-refractivity contribution >= 4 is 23.3 Å². The molecule has 0 atom stereocenters. The molecule has 0 aliphatic carbocycles. The van der Waals surface area contributed by atoms with Crippen LogP contribution in [0.2, 0.25) is 0 Å². The number of benzene rings is 3. The minimum absolute atomic E-state index is 0.142. The molecule has 4 rings (SSSR count). The van der Waals surface area contributed by atoms with Crippen LogP contribution >= 0.6 is 0 Å². The lowest BCUT2D eigenvalue weighted by Gasteiger charge is -2.26. The minimum Gasteiger partial charge on any atom is -0.497 e. The maximum atomic E-state index is 13.5. The first-order chi connectivity index (χ1) is 19.1. The van der Waals surface area contributed by atoms with Crippen molar-refractivity contribution in [2.24, 2.45) is 0 Å². The summed E-state index contributed by atoms with van der Waals surface area (Å²) in [4.78, 5) is 39.2. The Balaban J connectivity index is 1.69. The Hall–Kier alpha value is -4.99. The molecule has 2 amide bonds. The molecule has 10 heteroatoms. The van der Waals surface area contributed by atoms with Gasteiger partial charge in [-0.2, -0.15) is 5.10 Å². The highest BCUT2D eigenvalue weighted by atomic mass is 16.6. The molecule has 0 aliphatic heterocycles. The summed E-state index contributed by atoms with van der Waals surface area (Å²) in [5.41, 5.74) is 3.49. The SMILES string of the molecule is COc1ccc(-n2nc(C)c(-c3ccccc3)c2NC(=O)CN(C(=O)c2ccc(C)c([N+](=O)[O-])c2)C(C)C)cc1. The van der Waals surface area contributed by atoms with E-state index in [0.29, 0.717) is 28.5 Å². The Kier molecular flexibility index (Phi) is 8.28. The van der Waals surface area contributed by atoms with Crippen molar-refractivity contribution in [3.8, 4) is 22.6 Å². The molecule has 1 aromatic heterocycles. The van der Waals surface area contributed by atoms with E-state index in [4.69, 9.17) is 9.84 Å². The number of aryl methyl sites for hydroxylation is 2. The highest BCUT2D eigenvalue weighted by Crippen LogP contribution is 2.34. The van der Waals surface area contributed by atoms with E-state index in [0.717, 1.165) is 11.1 Å². The maximum absolute atomic E-state index is 13.5. The number of nitro groups is 1. The fourth-order valence-electron chi connectivity index (χ4n) is 4.42. The van der Waals surface area contributed by atoms with E-state index in [2.05, 4.69) is 5.32 Å². The molecular weight excluding hydrogens is 510 g/mol. The number of hydrogen-bond acceptors (Lipinski definition) is 6. The van der Waals surface area contributed by atoms with Crippen LogP contribution in [-0.2, 0) is 4.79 Å². The van der Waals surface area contributed by atoms with Crippen LogP contribution in [0.3, 0.4) is 0 Å². The molecule has 1 N–H and O–H groups in total. The lowest BCUT2D eigenvalue weighted by Crippen LogP contribution is -2.42. The molecule has 10 nitrogen and oxygen atoms in total. The molecular formula is C30H31N5O5. The molecule has 0 spiro atoms. The summed E-state index contributed by atoms with van der Waals surface area (Å²) in [5, 5.41) is 19.1. The zero-order valence-electron chi connectivity index (χ0n) is 23.0. The number of aromatic nitrogens is 2. The molecule has 0 fully saturated rings. The van der Waals surface area contributed by atoms with Gasteiger partial charge >= 0.3 is 0 Å². The Labute approximate surface area is 232 Å². The number of carbonyl (C=O) groups excluding carboxylic acids is 2. The lowest BCUT2D eigenvalue weighted by molar-refractivity contribution is -0.385. The Morgan fingerprint density at radius 3 is 2.33 bits per heavy atom. The summed E-state index contributed by atoms with van der Waals surface area (Å²) >= 11 is 0. The molecule has 0 aliphatic rings. The number of anilines is 1. The highest BCUT2D eigenvalue weighted by molar-refractivity contribution is 6.01. The van der Waals surface area contributed by atoms with Crippen LogP contribution in [0.5, 0.6) is 5.75 Å². The smallest absolute Gasteiger partial charge is 0.273 e. The van der Waals surface area contributed by atoms with Gasteiger partial charge in [-0.25, -0.2) is 4.68 Å². The summed E-state index contributed by atoms with van der Waals surface area (Å²) in [7, 11) is 1.59. The second kappa shape index (κ2) is 11.8. The van der Waals surface area contributed by atoms with Gasteiger partial charge in [0.15, 0.2) is 0 Å². The van der Waals surface area contributed by atoms with E-state index in [1.807, 2.05) is 49.4 Å². The van der Waals surface area contributed by atoms with Crippen molar-refractivity contribution < 1.29 is 19.2 Å². The van der Waals surface area contributed by atoms with Crippen molar-refractivity contribution in [1.29, 1.82) is 0 Å². The molecule has 4 aromatic rings. The first-order valence-corrected chi connectivity index (χ1v) is 12.8. The summed E-state index contributed by atoms with van der Waals surface area (Å²) in [6.45, 7) is 6.79. The molecule has 0 unspecified atom stereocenters. The van der Waals surface area contributed by atoms with Gasteiger partial charge < -0.3 is 15.0 Å². The van der Waals surface area contributed by atoms with Gasteiger partial charge in [0.05, 0.1) is 23.4 Å². The van der Waals surface area contributed by atoms with Crippen LogP contribution in [0, 0.1) is 24.0 Å². The molecule has 206 valence electrons. The summed E-state index contributed by atoms with van der Waals surface area (Å²) in [6, 6.07) is 20.9. The normalized spacial score (nSPS) is 10.8. The van der Waals surface area contributed by atoms with E-state index in [1.54, 1.807) is 44.7 Å². The summed E-state index contributed by atoms with van der Waals surface area (Å²) in [5.74, 6) is 0.233. The van der Waals surface area contributed by atoms with Crippen molar-refractivity contribution in [1.82, 2.24) is 14.7 Å². The third-order valence-electron chi connectivity index (χ3n) is 6.55. The predicted octanol–water partition coefficient (Wildman–Crippen LogP) is 5.56. The highest BCUT2D eigenvalue weighted by Gasteiger charge is 2.26. The quantitative estimate of drug-likeness (QED) is 0.219. The van der Waals surface area contributed by atoms with Crippen molar-refractivity contribution in [3.63, 3.8) is 0 Å². The fraction of sp³-hybridized carbons (Fsp3) is 0.233. The van der Waals surface area contributed by atoms with Crippen LogP contribution in [0.25, 0.3) is 16.8 Å². The molecule has 0 saturated heterocycles. The Bertz CT molecular complexity index is 1540. The third kappa shape index (κ3) is 5.85. The van der Waals surface area contributed by atoms with E-state index in [1.165, 1.54) is 23.1 Å². The van der Waals surface area contributed by atoms with Gasteiger partial charge in [0.25, 0.3) is 11.6 Å². The van der Waals surface area contributed by atoms with Crippen molar-refractivity contribution in [3.05, 3.63) is 99.7 Å². The largest absolute Gasteiger partial charge is 0.497 e. The van der Waals surface area contributed by atoms with Gasteiger partial charge in [0.1, 0.15) is 18.1 Å². The second-order valence-corrected chi connectivity index (χ2v) is 9.62. The van der Waals surface area contributed by atoms with Crippen LogP contribution in [0.15, 0.2) is 72.8 Å². The third-order valence-corrected chi connectivity index (χ3v) is 6.55. The van der Waals surface area contributed by atoms with E-state index < -0.39 is 16.7 Å². The van der Waals surface area contributed by atoms with Gasteiger partial charge in [-0.05, 0) is 63.6 Å². The topological polar surface area (TPSA) is 120 Å². The van der Waals surface area contributed by atoms with Gasteiger partial charge in [-0.15, -0.1) is 0 Å². The van der Waals surface area contributed by atoms with Crippen LogP contribution in [-0.4, -0.2) is 51.1 Å². The zero-order chi connectivity index (χ0) is 29.0. The molecule has 0 bridgehead atoms. The minimum atomic E-state index is -0.522. The van der Waals surface area contributed by atoms with Crippen LogP contribution < -0.4 is 10.1 Å². The maximum Gasteiger partial charge on any atom is 0.273 e. The van der Waals surface area contributed by atoms with E-state index in [-0.39, 0.29) is 23.8 Å². The first-order valence-electron chi connectivity index (χ1n) is 12.8. The van der Waals surface area contributed by atoms with Gasteiger partial charge in [0.2, 0.25) is 5.91 Å². The average molecular weight is 542 g/mol. The fourth-order valence-corrected chi connectivity index (χ4v) is 4.42. The monoisotopic (exact) mass is 541 g/mol. The van der Waals surface area contributed by atoms with Gasteiger partial charge in [-0.3, -0.25) is 19.7 Å². The molecule has 1 heterocycles. The number of nitrogens with one attached hydrogen (secondary N) is 1. The van der Waals surface area contributed by atoms with Crippen LogP contribution in [0.4, 0.5) is 11.5 Å². The lowest BCUT2D eigenvalue weighted by atomic mass is 10.1. The van der Waals surface area contributed by atoms with Crippen molar-refractivity contribution in [2.75, 3.05) is 19.0 Å². The van der Waals surface area contributed by atoms with E-state index in [9.17, 15) is 19.7 Å². The van der Waals surface area contributed by atoms with Crippen LogP contribution in [0.1, 0.15) is 35.5 Å². The summed E-state index contributed by atoms with van der Waals surface area (Å²) < 4.78 is 6.93. The number of amides is 2. The number of rotatable bonds is 9. The summed E-state index contributed by atoms with van der Waals surface area (Å²) in [6.07, 6.45) is 0. The van der Waals surface area contributed by atoms with Crippen molar-refractivity contribution in [2.45, 2.75) is 33.7 Å². The molecule has 40 heavy (non-hydrogen) atoms. The number of carbonyl (C=O) groups is 2. The van der Waals surface area contributed by atoms with Gasteiger partial charge in [0, 0.05) is 28.8 Å². The predicted molar refractivity (Wildman–Crippen MR) is 153 cm³/mol. The number of nitrogens with zero attached hydrogens (tertiary/aromatic N) is 4. The zero-order valence-corrected chi connectivity index (χ0v) is 23.0. The Morgan fingerprint density at radius 1 is 1.05 bits per heavy atom. The molecule has 3 aromatic carbocycles. The molecule has 0 saturated carbocycles. The standard InChI is InChI=1S/C30H31N5O5/c1-19(2)33(30(37)23-12-11-20(3)26(17-23)35(38)39)18-27(36)31-29-28(22-9-7-6-8-10-22)21(4)32-34(29)24-13-15-25(40-5)16-14-24/h6-17,19H,18H2,1-5H3,(H,31,36). The number of ether oxygens (including phenoxy) is 1. The average Bonchev–Trinajstić information content (AvgIpc) is 3.26. The number of hydrogen-bond donors (Lipinski definition) is 1. The number of nitro benzene ring substituents is 1. The second-order valence-electron chi connectivity index (χ2n) is 9.62. The van der Waals surface area contributed by atoms with E-state index >= 15 is 0 Å². The van der Waals surface area contributed by atoms with Gasteiger partial charge in [-0.1, -0.05) is 36.4 Å². The number of methoxy groups -OCH3 is 1.